The number of halogens is 2. The van der Waals surface area contributed by atoms with Crippen LogP contribution in [0, 0.1) is 0 Å². The molecule has 0 aromatic carbocycles. The Kier molecular flexibility index (Phi) is 4.12. The molecule has 0 saturated heterocycles. The van der Waals surface area contributed by atoms with Gasteiger partial charge in [-0.2, -0.15) is 4.98 Å². The summed E-state index contributed by atoms with van der Waals surface area (Å²) in [6, 6.07) is 0. The number of sulfone groups is 1. The zero-order chi connectivity index (χ0) is 11.5. The minimum Gasteiger partial charge on any atom is -0.368 e. The quantitative estimate of drug-likeness (QED) is 0.833. The van der Waals surface area contributed by atoms with Gasteiger partial charge in [0.05, 0.1) is 11.9 Å². The zero-order valence-electron chi connectivity index (χ0n) is 7.87. The smallest absolute Gasteiger partial charge is 0.224 e. The van der Waals surface area contributed by atoms with Crippen molar-refractivity contribution >= 4 is 38.9 Å². The number of hydrogen-bond donors (Lipinski definition) is 1. The van der Waals surface area contributed by atoms with Gasteiger partial charge in [0.25, 0.3) is 0 Å². The molecule has 0 atom stereocenters. The van der Waals surface area contributed by atoms with Gasteiger partial charge in [-0.1, -0.05) is 11.6 Å². The van der Waals surface area contributed by atoms with E-state index in [2.05, 4.69) is 15.3 Å². The van der Waals surface area contributed by atoms with E-state index in [1.54, 1.807) is 0 Å². The van der Waals surface area contributed by atoms with Crippen molar-refractivity contribution in [1.82, 2.24) is 9.97 Å². The molecule has 5 nitrogen and oxygen atoms in total. The standard InChI is InChI=1S/C7H9Cl2N3O2S/c1-15(13,14)3-2-10-6-5(8)4-11-7(9)12-6/h4H,2-3H2,1H3,(H,10,11,12). The van der Waals surface area contributed by atoms with E-state index >= 15 is 0 Å². The third kappa shape index (κ3) is 4.63. The first kappa shape index (κ1) is 12.5. The van der Waals surface area contributed by atoms with Crippen LogP contribution in [-0.2, 0) is 9.84 Å². The molecular formula is C7H9Cl2N3O2S. The molecule has 1 aromatic rings. The second-order valence-electron chi connectivity index (χ2n) is 2.89. The summed E-state index contributed by atoms with van der Waals surface area (Å²) in [5, 5.41) is 3.12. The third-order valence-electron chi connectivity index (χ3n) is 1.48. The lowest BCUT2D eigenvalue weighted by Crippen LogP contribution is -2.15. The molecule has 0 fully saturated rings. The average Bonchev–Trinajstić information content (AvgIpc) is 2.09. The first-order chi connectivity index (χ1) is 6.88. The minimum atomic E-state index is -3.00. The van der Waals surface area contributed by atoms with E-state index in [4.69, 9.17) is 23.2 Å². The number of nitrogens with zero attached hydrogens (tertiary/aromatic N) is 2. The maximum Gasteiger partial charge on any atom is 0.224 e. The summed E-state index contributed by atoms with van der Waals surface area (Å²) in [5.74, 6) is 0.339. The van der Waals surface area contributed by atoms with E-state index in [1.807, 2.05) is 0 Å². The van der Waals surface area contributed by atoms with E-state index in [1.165, 1.54) is 6.20 Å². The van der Waals surface area contributed by atoms with Crippen LogP contribution in [0.25, 0.3) is 0 Å². The summed E-state index contributed by atoms with van der Waals surface area (Å²) in [5.41, 5.74) is 0. The van der Waals surface area contributed by atoms with E-state index in [0.29, 0.717) is 10.8 Å². The maximum absolute atomic E-state index is 10.8. The van der Waals surface area contributed by atoms with Gasteiger partial charge in [0, 0.05) is 12.8 Å². The van der Waals surface area contributed by atoms with Gasteiger partial charge in [-0.3, -0.25) is 0 Å². The average molecular weight is 270 g/mol. The Bertz CT molecular complexity index is 450. The van der Waals surface area contributed by atoms with Crippen molar-refractivity contribution in [2.24, 2.45) is 0 Å². The lowest BCUT2D eigenvalue weighted by atomic mass is 10.5. The van der Waals surface area contributed by atoms with Crippen LogP contribution < -0.4 is 5.32 Å². The molecule has 0 aliphatic carbocycles. The molecule has 0 bridgehead atoms. The molecule has 0 saturated carbocycles. The molecular weight excluding hydrogens is 261 g/mol. The number of aromatic nitrogens is 2. The molecule has 0 unspecified atom stereocenters. The van der Waals surface area contributed by atoms with Crippen LogP contribution in [0.3, 0.4) is 0 Å². The molecule has 8 heteroatoms. The van der Waals surface area contributed by atoms with Gasteiger partial charge in [0.1, 0.15) is 20.7 Å². The predicted molar refractivity (Wildman–Crippen MR) is 60.3 cm³/mol. The topological polar surface area (TPSA) is 72.0 Å². The molecule has 1 aromatic heterocycles. The summed E-state index contributed by atoms with van der Waals surface area (Å²) in [6.07, 6.45) is 2.50. The molecule has 0 aliphatic heterocycles. The van der Waals surface area contributed by atoms with Crippen molar-refractivity contribution in [2.75, 3.05) is 23.9 Å². The monoisotopic (exact) mass is 269 g/mol. The zero-order valence-corrected chi connectivity index (χ0v) is 10.2. The van der Waals surface area contributed by atoms with Crippen LogP contribution in [0.4, 0.5) is 5.82 Å². The van der Waals surface area contributed by atoms with Crippen molar-refractivity contribution < 1.29 is 8.42 Å². The Morgan fingerprint density at radius 1 is 1.47 bits per heavy atom. The van der Waals surface area contributed by atoms with E-state index in [0.717, 1.165) is 6.26 Å². The van der Waals surface area contributed by atoms with Gasteiger partial charge in [-0.05, 0) is 11.6 Å². The Morgan fingerprint density at radius 2 is 2.13 bits per heavy atom. The second kappa shape index (κ2) is 4.96. The summed E-state index contributed by atoms with van der Waals surface area (Å²) in [7, 11) is -3.00. The van der Waals surface area contributed by atoms with Crippen LogP contribution in [0.2, 0.25) is 10.3 Å². The second-order valence-corrected chi connectivity index (χ2v) is 5.90. The van der Waals surface area contributed by atoms with Gasteiger partial charge >= 0.3 is 0 Å². The van der Waals surface area contributed by atoms with Gasteiger partial charge in [0.15, 0.2) is 0 Å². The fourth-order valence-electron chi connectivity index (χ4n) is 0.824. The Balaban J connectivity index is 2.61. The molecule has 0 amide bonds. The highest BCUT2D eigenvalue weighted by Gasteiger charge is 2.05. The lowest BCUT2D eigenvalue weighted by Gasteiger charge is -2.05. The highest BCUT2D eigenvalue weighted by atomic mass is 35.5. The first-order valence-corrected chi connectivity index (χ1v) is 6.80. The number of anilines is 1. The summed E-state index contributed by atoms with van der Waals surface area (Å²) in [6.45, 7) is 0.228. The number of hydrogen-bond acceptors (Lipinski definition) is 5. The fraction of sp³-hybridized carbons (Fsp3) is 0.429. The molecule has 1 N–H and O–H groups in total. The largest absolute Gasteiger partial charge is 0.368 e. The van der Waals surface area contributed by atoms with Crippen molar-refractivity contribution in [3.63, 3.8) is 0 Å². The first-order valence-electron chi connectivity index (χ1n) is 3.98. The summed E-state index contributed by atoms with van der Waals surface area (Å²) >= 11 is 11.3. The minimum absolute atomic E-state index is 0.00491. The van der Waals surface area contributed by atoms with Gasteiger partial charge < -0.3 is 5.32 Å². The highest BCUT2D eigenvalue weighted by Crippen LogP contribution is 2.18. The highest BCUT2D eigenvalue weighted by molar-refractivity contribution is 7.90. The van der Waals surface area contributed by atoms with Crippen molar-refractivity contribution in [3.8, 4) is 0 Å². The van der Waals surface area contributed by atoms with Gasteiger partial charge in [0.2, 0.25) is 5.28 Å². The van der Waals surface area contributed by atoms with Gasteiger partial charge in [-0.25, -0.2) is 13.4 Å². The molecule has 1 rings (SSSR count). The normalized spacial score (nSPS) is 11.4. The number of nitrogens with one attached hydrogen (secondary N) is 1. The summed E-state index contributed by atoms with van der Waals surface area (Å²) < 4.78 is 21.7. The van der Waals surface area contributed by atoms with E-state index < -0.39 is 9.84 Å². The third-order valence-corrected chi connectivity index (χ3v) is 2.88. The SMILES string of the molecule is CS(=O)(=O)CCNc1nc(Cl)ncc1Cl. The van der Waals surface area contributed by atoms with Crippen LogP contribution in [-0.4, -0.2) is 36.9 Å². The Labute approximate surface area is 97.7 Å². The molecule has 0 aliphatic rings. The Morgan fingerprint density at radius 3 is 2.73 bits per heavy atom. The number of rotatable bonds is 4. The Hall–Kier alpha value is -0.590. The van der Waals surface area contributed by atoms with Crippen LogP contribution >= 0.6 is 23.2 Å². The maximum atomic E-state index is 10.8. The van der Waals surface area contributed by atoms with Crippen molar-refractivity contribution in [2.45, 2.75) is 0 Å². The van der Waals surface area contributed by atoms with Crippen LogP contribution in [0.1, 0.15) is 0 Å². The van der Waals surface area contributed by atoms with Crippen molar-refractivity contribution in [3.05, 3.63) is 16.5 Å². The van der Waals surface area contributed by atoms with Crippen LogP contribution in [0.5, 0.6) is 0 Å². The van der Waals surface area contributed by atoms with E-state index in [-0.39, 0.29) is 17.6 Å². The predicted octanol–water partition coefficient (Wildman–Crippen LogP) is 1.24. The molecule has 0 radical (unpaired) electrons. The van der Waals surface area contributed by atoms with Gasteiger partial charge in [-0.15, -0.1) is 0 Å². The van der Waals surface area contributed by atoms with E-state index in [9.17, 15) is 8.42 Å². The fourth-order valence-corrected chi connectivity index (χ4v) is 1.59. The molecule has 1 heterocycles. The molecule has 0 spiro atoms. The lowest BCUT2D eigenvalue weighted by molar-refractivity contribution is 0.602. The summed E-state index contributed by atoms with van der Waals surface area (Å²) in [4.78, 5) is 7.47. The van der Waals surface area contributed by atoms with Crippen molar-refractivity contribution in [1.29, 1.82) is 0 Å². The molecule has 84 valence electrons. The van der Waals surface area contributed by atoms with Crippen LogP contribution in [0.15, 0.2) is 6.20 Å². The molecule has 15 heavy (non-hydrogen) atoms.